The summed E-state index contributed by atoms with van der Waals surface area (Å²) in [7, 11) is 0. The normalized spacial score (nSPS) is 28.2. The maximum absolute atomic E-state index is 11.7. The molecule has 0 spiro atoms. The quantitative estimate of drug-likeness (QED) is 0.0858. The van der Waals surface area contributed by atoms with Crippen LogP contribution < -0.4 is 0 Å². The standard InChI is InChI=1S/C35H62O7/c1-3-4-5-6-7-8-12-15-18-29(37)31-20-22-33(41-31)34-23-21-32(42-34)30(38)19-16-13-10-9-11-14-17-28(36)25-27-24-26(2)40-35(27)39/h24,26,28-34,36-38H,3-23,25H2,1-2H3/t26-,28+,29+,30-,31+,32+,33+,34+/m0/s1. The summed E-state index contributed by atoms with van der Waals surface area (Å²) in [5, 5.41) is 31.6. The third-order valence-electron chi connectivity index (χ3n) is 9.53. The van der Waals surface area contributed by atoms with Gasteiger partial charge >= 0.3 is 5.97 Å². The molecule has 0 aromatic rings. The summed E-state index contributed by atoms with van der Waals surface area (Å²) in [5.74, 6) is -0.290. The molecule has 0 saturated carbocycles. The van der Waals surface area contributed by atoms with Crippen molar-refractivity contribution in [3.63, 3.8) is 0 Å². The average Bonchev–Trinajstić information content (AvgIpc) is 3.72. The Kier molecular flexibility index (Phi) is 17.0. The first-order chi connectivity index (χ1) is 20.4. The van der Waals surface area contributed by atoms with Crippen LogP contribution in [0.4, 0.5) is 0 Å². The van der Waals surface area contributed by atoms with E-state index in [0.29, 0.717) is 18.4 Å². The van der Waals surface area contributed by atoms with Gasteiger partial charge in [0, 0.05) is 12.0 Å². The second-order valence-electron chi connectivity index (χ2n) is 13.3. The minimum absolute atomic E-state index is 0.0410. The molecular formula is C35H62O7. The zero-order valence-corrected chi connectivity index (χ0v) is 26.7. The van der Waals surface area contributed by atoms with Crippen molar-refractivity contribution in [1.29, 1.82) is 0 Å². The van der Waals surface area contributed by atoms with Crippen molar-refractivity contribution in [1.82, 2.24) is 0 Å². The molecule has 3 N–H and O–H groups in total. The van der Waals surface area contributed by atoms with E-state index in [0.717, 1.165) is 83.5 Å². The van der Waals surface area contributed by atoms with Gasteiger partial charge in [-0.25, -0.2) is 4.79 Å². The Bertz CT molecular complexity index is 770. The Morgan fingerprint density at radius 3 is 1.60 bits per heavy atom. The van der Waals surface area contributed by atoms with Crippen LogP contribution in [0.1, 0.15) is 155 Å². The predicted octanol–water partition coefficient (Wildman–Crippen LogP) is 7.08. The van der Waals surface area contributed by atoms with E-state index < -0.39 is 12.2 Å². The Hall–Kier alpha value is -0.990. The van der Waals surface area contributed by atoms with Gasteiger partial charge in [-0.15, -0.1) is 0 Å². The van der Waals surface area contributed by atoms with E-state index >= 15 is 0 Å². The maximum atomic E-state index is 11.7. The van der Waals surface area contributed by atoms with Gasteiger partial charge in [0.1, 0.15) is 6.10 Å². The fraction of sp³-hybridized carbons (Fsp3) is 0.914. The van der Waals surface area contributed by atoms with Crippen LogP contribution in [-0.4, -0.2) is 70.1 Å². The van der Waals surface area contributed by atoms with Crippen molar-refractivity contribution in [2.24, 2.45) is 0 Å². The molecule has 7 heteroatoms. The van der Waals surface area contributed by atoms with Crippen molar-refractivity contribution in [3.8, 4) is 0 Å². The number of carbonyl (C=O) groups is 1. The average molecular weight is 595 g/mol. The number of rotatable bonds is 23. The molecule has 42 heavy (non-hydrogen) atoms. The molecule has 2 saturated heterocycles. The van der Waals surface area contributed by atoms with E-state index in [1.165, 1.54) is 44.9 Å². The number of unbranched alkanes of at least 4 members (excludes halogenated alkanes) is 12. The molecule has 3 rings (SSSR count). The summed E-state index contributed by atoms with van der Waals surface area (Å²) in [6, 6.07) is 0. The Labute approximate surface area is 255 Å². The van der Waals surface area contributed by atoms with Crippen LogP contribution in [0, 0.1) is 0 Å². The summed E-state index contributed by atoms with van der Waals surface area (Å²) < 4.78 is 17.6. The smallest absolute Gasteiger partial charge is 0.334 e. The highest BCUT2D eigenvalue weighted by molar-refractivity contribution is 5.90. The lowest BCUT2D eigenvalue weighted by molar-refractivity contribution is -0.139. The summed E-state index contributed by atoms with van der Waals surface area (Å²) in [5.41, 5.74) is 0.606. The first-order valence-electron chi connectivity index (χ1n) is 17.6. The molecule has 3 heterocycles. The van der Waals surface area contributed by atoms with Gasteiger partial charge in [0.05, 0.1) is 42.7 Å². The molecule has 2 fully saturated rings. The molecule has 0 bridgehead atoms. The first-order valence-corrected chi connectivity index (χ1v) is 17.6. The Morgan fingerprint density at radius 2 is 1.14 bits per heavy atom. The minimum atomic E-state index is -0.482. The fourth-order valence-corrected chi connectivity index (χ4v) is 6.93. The second kappa shape index (κ2) is 20.1. The number of aliphatic hydroxyl groups excluding tert-OH is 3. The van der Waals surface area contributed by atoms with Crippen LogP contribution in [-0.2, 0) is 19.0 Å². The Balaban J connectivity index is 1.16. The Morgan fingerprint density at radius 1 is 0.690 bits per heavy atom. The molecule has 3 aliphatic heterocycles. The largest absolute Gasteiger partial charge is 0.455 e. The van der Waals surface area contributed by atoms with Crippen molar-refractivity contribution in [2.75, 3.05) is 0 Å². The van der Waals surface area contributed by atoms with Crippen LogP contribution in [0.15, 0.2) is 11.6 Å². The summed E-state index contributed by atoms with van der Waals surface area (Å²) in [6.07, 6.45) is 23.2. The number of esters is 1. The fourth-order valence-electron chi connectivity index (χ4n) is 6.93. The highest BCUT2D eigenvalue weighted by Crippen LogP contribution is 2.34. The lowest BCUT2D eigenvalue weighted by atomic mass is 10.00. The van der Waals surface area contributed by atoms with E-state index in [1.807, 2.05) is 6.92 Å². The number of ether oxygens (including phenoxy) is 3. The first kappa shape index (κ1) is 35.5. The van der Waals surface area contributed by atoms with E-state index in [2.05, 4.69) is 6.92 Å². The summed E-state index contributed by atoms with van der Waals surface area (Å²) in [4.78, 5) is 11.7. The van der Waals surface area contributed by atoms with Gasteiger partial charge in [0.25, 0.3) is 0 Å². The van der Waals surface area contributed by atoms with Crippen molar-refractivity contribution < 1.29 is 34.3 Å². The highest BCUT2D eigenvalue weighted by Gasteiger charge is 2.40. The molecule has 3 aliphatic rings. The van der Waals surface area contributed by atoms with Gasteiger partial charge in [0.2, 0.25) is 0 Å². The van der Waals surface area contributed by atoms with Gasteiger partial charge < -0.3 is 29.5 Å². The van der Waals surface area contributed by atoms with Crippen LogP contribution in [0.25, 0.3) is 0 Å². The summed E-state index contributed by atoms with van der Waals surface area (Å²) in [6.45, 7) is 4.08. The molecule has 0 aromatic heterocycles. The zero-order valence-electron chi connectivity index (χ0n) is 26.7. The molecular weight excluding hydrogens is 532 g/mol. The minimum Gasteiger partial charge on any atom is -0.455 e. The molecule has 0 amide bonds. The van der Waals surface area contributed by atoms with Crippen LogP contribution >= 0.6 is 0 Å². The molecule has 0 aromatic carbocycles. The number of hydrogen-bond donors (Lipinski definition) is 3. The second-order valence-corrected chi connectivity index (χ2v) is 13.3. The molecule has 7 nitrogen and oxygen atoms in total. The van der Waals surface area contributed by atoms with Gasteiger partial charge in [-0.2, -0.15) is 0 Å². The van der Waals surface area contributed by atoms with Crippen molar-refractivity contribution in [3.05, 3.63) is 11.6 Å². The van der Waals surface area contributed by atoms with Crippen LogP contribution in [0.2, 0.25) is 0 Å². The van der Waals surface area contributed by atoms with Gasteiger partial charge in [0.15, 0.2) is 0 Å². The number of carbonyl (C=O) groups excluding carboxylic acids is 1. The number of hydrogen-bond acceptors (Lipinski definition) is 7. The third kappa shape index (κ3) is 12.9. The molecule has 8 atom stereocenters. The SMILES string of the molecule is CCCCCCCCCC[C@@H](O)[C@H]1CC[C@H]([C@H]2CC[C@H]([C@@H](O)CCCCCCCC[C@@H](O)CC3=C[C@H](C)OC3=O)O2)O1. The van der Waals surface area contributed by atoms with E-state index in [9.17, 15) is 20.1 Å². The summed E-state index contributed by atoms with van der Waals surface area (Å²) >= 11 is 0. The number of aliphatic hydroxyl groups is 3. The van der Waals surface area contributed by atoms with Crippen molar-refractivity contribution >= 4 is 5.97 Å². The third-order valence-corrected chi connectivity index (χ3v) is 9.53. The van der Waals surface area contributed by atoms with Gasteiger partial charge in [-0.3, -0.25) is 0 Å². The molecule has 0 unspecified atom stereocenters. The van der Waals surface area contributed by atoms with Crippen molar-refractivity contribution in [2.45, 2.75) is 204 Å². The monoisotopic (exact) mass is 594 g/mol. The van der Waals surface area contributed by atoms with Crippen LogP contribution in [0.3, 0.4) is 0 Å². The van der Waals surface area contributed by atoms with E-state index in [1.54, 1.807) is 6.08 Å². The lowest BCUT2D eigenvalue weighted by Crippen LogP contribution is -2.33. The van der Waals surface area contributed by atoms with E-state index in [-0.39, 0.29) is 42.6 Å². The zero-order chi connectivity index (χ0) is 30.2. The molecule has 244 valence electrons. The van der Waals surface area contributed by atoms with Gasteiger partial charge in [-0.05, 0) is 57.9 Å². The van der Waals surface area contributed by atoms with E-state index in [4.69, 9.17) is 14.2 Å². The van der Waals surface area contributed by atoms with Crippen LogP contribution in [0.5, 0.6) is 0 Å². The number of cyclic esters (lactones) is 1. The molecule has 0 radical (unpaired) electrons. The van der Waals surface area contributed by atoms with Gasteiger partial charge in [-0.1, -0.05) is 96.8 Å². The highest BCUT2D eigenvalue weighted by atomic mass is 16.6. The lowest BCUT2D eigenvalue weighted by Gasteiger charge is -2.24. The topological polar surface area (TPSA) is 105 Å². The molecule has 0 aliphatic carbocycles. The predicted molar refractivity (Wildman–Crippen MR) is 166 cm³/mol. The maximum Gasteiger partial charge on any atom is 0.334 e.